The zero-order valence-corrected chi connectivity index (χ0v) is 17.2. The third-order valence-electron chi connectivity index (χ3n) is 4.27. The Labute approximate surface area is 182 Å². The second-order valence-corrected chi connectivity index (χ2v) is 7.40. The minimum Gasteiger partial charge on any atom is -0.461 e. The van der Waals surface area contributed by atoms with Crippen LogP contribution in [0.2, 0.25) is 0 Å². The van der Waals surface area contributed by atoms with Gasteiger partial charge in [0.05, 0.1) is 12.0 Å². The van der Waals surface area contributed by atoms with Crippen molar-refractivity contribution >= 4 is 23.7 Å². The van der Waals surface area contributed by atoms with Crippen LogP contribution in [-0.2, 0) is 11.3 Å². The number of rotatable bonds is 7. The van der Waals surface area contributed by atoms with Crippen LogP contribution >= 0.6 is 11.8 Å². The van der Waals surface area contributed by atoms with Crippen molar-refractivity contribution in [1.29, 1.82) is 0 Å². The van der Waals surface area contributed by atoms with Crippen LogP contribution in [0.1, 0.15) is 5.56 Å². The summed E-state index contributed by atoms with van der Waals surface area (Å²) in [4.78, 5) is 24.2. The number of nitrogens with zero attached hydrogens (tertiary/aromatic N) is 3. The maximum Gasteiger partial charge on any atom is 0.321 e. The minimum atomic E-state index is -0.546. The molecule has 3 amide bonds. The number of hydrogen-bond donors (Lipinski definition) is 2. The third kappa shape index (κ3) is 5.20. The van der Waals surface area contributed by atoms with Crippen molar-refractivity contribution in [2.45, 2.75) is 11.7 Å². The van der Waals surface area contributed by atoms with Gasteiger partial charge >= 0.3 is 6.03 Å². The van der Waals surface area contributed by atoms with E-state index in [4.69, 9.17) is 4.42 Å². The molecule has 9 heteroatoms. The van der Waals surface area contributed by atoms with Crippen LogP contribution in [0.15, 0.2) is 88.6 Å². The average Bonchev–Trinajstić information content (AvgIpc) is 3.47. The van der Waals surface area contributed by atoms with Crippen LogP contribution in [0.25, 0.3) is 17.3 Å². The fourth-order valence-electron chi connectivity index (χ4n) is 2.85. The van der Waals surface area contributed by atoms with E-state index in [1.165, 1.54) is 11.8 Å². The molecule has 0 atom stereocenters. The summed E-state index contributed by atoms with van der Waals surface area (Å²) < 4.78 is 7.28. The van der Waals surface area contributed by atoms with Gasteiger partial charge in [-0.2, -0.15) is 0 Å². The molecule has 156 valence electrons. The molecule has 0 aliphatic carbocycles. The van der Waals surface area contributed by atoms with Gasteiger partial charge in [-0.05, 0) is 29.8 Å². The van der Waals surface area contributed by atoms with E-state index < -0.39 is 11.9 Å². The molecule has 0 aliphatic rings. The molecule has 2 aromatic heterocycles. The molecule has 0 radical (unpaired) electrons. The maximum atomic E-state index is 12.3. The monoisotopic (exact) mass is 433 g/mol. The van der Waals surface area contributed by atoms with Gasteiger partial charge in [-0.1, -0.05) is 60.3 Å². The lowest BCUT2D eigenvalue weighted by Gasteiger charge is -2.09. The molecule has 0 aliphatic heterocycles. The first-order valence-corrected chi connectivity index (χ1v) is 10.5. The summed E-state index contributed by atoms with van der Waals surface area (Å²) in [6, 6.07) is 22.0. The van der Waals surface area contributed by atoms with Gasteiger partial charge in [-0.15, -0.1) is 10.2 Å². The van der Waals surface area contributed by atoms with E-state index in [-0.39, 0.29) is 5.75 Å². The highest BCUT2D eigenvalue weighted by atomic mass is 32.2. The summed E-state index contributed by atoms with van der Waals surface area (Å²) >= 11 is 1.18. The van der Waals surface area contributed by atoms with Gasteiger partial charge < -0.3 is 9.73 Å². The quantitative estimate of drug-likeness (QED) is 0.432. The van der Waals surface area contributed by atoms with Crippen molar-refractivity contribution in [2.75, 3.05) is 5.75 Å². The van der Waals surface area contributed by atoms with Crippen LogP contribution < -0.4 is 10.6 Å². The average molecular weight is 433 g/mol. The SMILES string of the molecule is O=C(CSc1nnc(-c2ccco2)n1-c1ccccc1)NC(=O)NCc1ccccc1. The van der Waals surface area contributed by atoms with Gasteiger partial charge in [-0.3, -0.25) is 14.7 Å². The van der Waals surface area contributed by atoms with Crippen LogP contribution in [0, 0.1) is 0 Å². The first-order chi connectivity index (χ1) is 15.2. The smallest absolute Gasteiger partial charge is 0.321 e. The fourth-order valence-corrected chi connectivity index (χ4v) is 3.61. The second-order valence-electron chi connectivity index (χ2n) is 6.46. The Hall–Kier alpha value is -3.85. The molecule has 4 rings (SSSR count). The van der Waals surface area contributed by atoms with E-state index >= 15 is 0 Å². The summed E-state index contributed by atoms with van der Waals surface area (Å²) in [5, 5.41) is 13.9. The highest BCUT2D eigenvalue weighted by Crippen LogP contribution is 2.28. The lowest BCUT2D eigenvalue weighted by atomic mass is 10.2. The number of urea groups is 1. The molecule has 2 N–H and O–H groups in total. The molecule has 31 heavy (non-hydrogen) atoms. The van der Waals surface area contributed by atoms with Gasteiger partial charge in [0.1, 0.15) is 0 Å². The fraction of sp³-hybridized carbons (Fsp3) is 0.0909. The zero-order valence-electron chi connectivity index (χ0n) is 16.4. The number of nitrogens with one attached hydrogen (secondary N) is 2. The summed E-state index contributed by atoms with van der Waals surface area (Å²) in [5.41, 5.74) is 1.78. The summed E-state index contributed by atoms with van der Waals surface area (Å²) in [7, 11) is 0. The molecular formula is C22H19N5O3S. The number of aromatic nitrogens is 3. The second kappa shape index (κ2) is 9.77. The number of para-hydroxylation sites is 1. The highest BCUT2D eigenvalue weighted by Gasteiger charge is 2.19. The lowest BCUT2D eigenvalue weighted by Crippen LogP contribution is -2.40. The van der Waals surface area contributed by atoms with E-state index in [1.54, 1.807) is 18.4 Å². The molecule has 2 aromatic carbocycles. The first kappa shape index (κ1) is 20.4. The number of benzene rings is 2. The van der Waals surface area contributed by atoms with Crippen LogP contribution in [0.3, 0.4) is 0 Å². The van der Waals surface area contributed by atoms with Crippen LogP contribution in [0.5, 0.6) is 0 Å². The van der Waals surface area contributed by atoms with Crippen molar-refractivity contribution in [3.8, 4) is 17.3 Å². The Balaban J connectivity index is 1.40. The molecule has 0 saturated carbocycles. The van der Waals surface area contributed by atoms with E-state index in [0.717, 1.165) is 11.3 Å². The number of amides is 3. The Morgan fingerprint density at radius 1 is 0.935 bits per heavy atom. The third-order valence-corrected chi connectivity index (χ3v) is 5.20. The van der Waals surface area contributed by atoms with Gasteiger partial charge in [0.25, 0.3) is 0 Å². The van der Waals surface area contributed by atoms with E-state index in [0.29, 0.717) is 23.3 Å². The van der Waals surface area contributed by atoms with Crippen molar-refractivity contribution < 1.29 is 14.0 Å². The number of imide groups is 1. The predicted molar refractivity (Wildman–Crippen MR) is 117 cm³/mol. The van der Waals surface area contributed by atoms with E-state index in [1.807, 2.05) is 65.2 Å². The maximum absolute atomic E-state index is 12.3. The molecule has 0 saturated heterocycles. The normalized spacial score (nSPS) is 10.6. The molecule has 8 nitrogen and oxygen atoms in total. The molecule has 0 spiro atoms. The van der Waals surface area contributed by atoms with Crippen molar-refractivity contribution in [3.63, 3.8) is 0 Å². The minimum absolute atomic E-state index is 0.00186. The number of carbonyl (C=O) groups is 2. The van der Waals surface area contributed by atoms with Gasteiger partial charge in [0.15, 0.2) is 10.9 Å². The lowest BCUT2D eigenvalue weighted by molar-refractivity contribution is -0.117. The molecular weight excluding hydrogens is 414 g/mol. The largest absolute Gasteiger partial charge is 0.461 e. The molecule has 4 aromatic rings. The van der Waals surface area contributed by atoms with Gasteiger partial charge in [-0.25, -0.2) is 4.79 Å². The number of furan rings is 1. The number of hydrogen-bond acceptors (Lipinski definition) is 6. The molecule has 0 unspecified atom stereocenters. The molecule has 0 fully saturated rings. The Bertz CT molecular complexity index is 1140. The standard InChI is InChI=1S/C22H19N5O3S/c28-19(24-21(29)23-14-16-8-3-1-4-9-16)15-31-22-26-25-20(18-12-7-13-30-18)27(22)17-10-5-2-6-11-17/h1-13H,14-15H2,(H2,23,24,28,29). The summed E-state index contributed by atoms with van der Waals surface area (Å²) in [5.74, 6) is 0.660. The summed E-state index contributed by atoms with van der Waals surface area (Å²) in [6.07, 6.45) is 1.56. The highest BCUT2D eigenvalue weighted by molar-refractivity contribution is 7.99. The van der Waals surface area contributed by atoms with Gasteiger partial charge in [0, 0.05) is 12.2 Å². The van der Waals surface area contributed by atoms with Crippen molar-refractivity contribution in [1.82, 2.24) is 25.4 Å². The summed E-state index contributed by atoms with van der Waals surface area (Å²) in [6.45, 7) is 0.335. The zero-order chi connectivity index (χ0) is 21.5. The Morgan fingerprint density at radius 2 is 1.68 bits per heavy atom. The van der Waals surface area contributed by atoms with Crippen LogP contribution in [0.4, 0.5) is 4.79 Å². The van der Waals surface area contributed by atoms with Gasteiger partial charge in [0.2, 0.25) is 11.7 Å². The van der Waals surface area contributed by atoms with E-state index in [2.05, 4.69) is 20.8 Å². The van der Waals surface area contributed by atoms with Crippen LogP contribution in [-0.4, -0.2) is 32.5 Å². The molecule has 2 heterocycles. The van der Waals surface area contributed by atoms with Crippen molar-refractivity contribution in [2.24, 2.45) is 0 Å². The number of carbonyl (C=O) groups excluding carboxylic acids is 2. The topological polar surface area (TPSA) is 102 Å². The Morgan fingerprint density at radius 3 is 2.39 bits per heavy atom. The number of thioether (sulfide) groups is 1. The molecule has 0 bridgehead atoms. The predicted octanol–water partition coefficient (Wildman–Crippen LogP) is 3.65. The van der Waals surface area contributed by atoms with E-state index in [9.17, 15) is 9.59 Å². The van der Waals surface area contributed by atoms with Crippen molar-refractivity contribution in [3.05, 3.63) is 84.6 Å². The Kier molecular flexibility index (Phi) is 6.44. The first-order valence-electron chi connectivity index (χ1n) is 9.50.